The van der Waals surface area contributed by atoms with Crippen LogP contribution in [0.15, 0.2) is 18.2 Å². The molecule has 0 atom stereocenters. The molecule has 90 valence electrons. The third-order valence-corrected chi connectivity index (χ3v) is 2.13. The number of primary amides is 1. The van der Waals surface area contributed by atoms with Crippen LogP contribution in [0.4, 0.5) is 0 Å². The molecule has 0 spiro atoms. The second kappa shape index (κ2) is 5.69. The van der Waals surface area contributed by atoms with E-state index in [1.807, 2.05) is 0 Å². The molecule has 1 aromatic carbocycles. The molecule has 0 fully saturated rings. The van der Waals surface area contributed by atoms with Crippen molar-refractivity contribution in [3.8, 4) is 11.5 Å². The third-order valence-electron chi connectivity index (χ3n) is 2.13. The molecule has 0 aliphatic carbocycles. The van der Waals surface area contributed by atoms with E-state index < -0.39 is 5.91 Å². The quantitative estimate of drug-likeness (QED) is 0.748. The Morgan fingerprint density at radius 2 is 2.18 bits per heavy atom. The highest BCUT2D eigenvalue weighted by Crippen LogP contribution is 2.29. The number of amides is 1. The average molecular weight is 235 g/mol. The van der Waals surface area contributed by atoms with Crippen molar-refractivity contribution in [1.29, 1.82) is 0 Å². The number of phenolic OH excluding ortho intramolecular Hbond substituents is 1. The SMILES string of the molecule is COc1cc(C=O)c(C=CCC(N)=O)cc1O. The summed E-state index contributed by atoms with van der Waals surface area (Å²) in [7, 11) is 1.40. The van der Waals surface area contributed by atoms with E-state index >= 15 is 0 Å². The number of carbonyl (C=O) groups is 2. The van der Waals surface area contributed by atoms with Gasteiger partial charge in [-0.3, -0.25) is 9.59 Å². The van der Waals surface area contributed by atoms with Crippen LogP contribution in [0.5, 0.6) is 11.5 Å². The maximum absolute atomic E-state index is 10.8. The number of hydrogen-bond donors (Lipinski definition) is 2. The second-order valence-electron chi connectivity index (χ2n) is 3.34. The molecule has 0 heterocycles. The van der Waals surface area contributed by atoms with Gasteiger partial charge in [-0.05, 0) is 17.7 Å². The van der Waals surface area contributed by atoms with Gasteiger partial charge in [0.2, 0.25) is 5.91 Å². The molecule has 0 saturated carbocycles. The molecule has 3 N–H and O–H groups in total. The summed E-state index contributed by atoms with van der Waals surface area (Å²) in [6.45, 7) is 0. The van der Waals surface area contributed by atoms with Gasteiger partial charge in [-0.2, -0.15) is 0 Å². The minimum atomic E-state index is -0.466. The summed E-state index contributed by atoms with van der Waals surface area (Å²) in [5.41, 5.74) is 5.83. The zero-order chi connectivity index (χ0) is 12.8. The van der Waals surface area contributed by atoms with Gasteiger partial charge in [0.15, 0.2) is 17.8 Å². The molecule has 17 heavy (non-hydrogen) atoms. The van der Waals surface area contributed by atoms with Crippen LogP contribution in [0.25, 0.3) is 6.08 Å². The Hall–Kier alpha value is -2.30. The molecule has 0 saturated heterocycles. The van der Waals surface area contributed by atoms with Gasteiger partial charge in [0.05, 0.1) is 7.11 Å². The lowest BCUT2D eigenvalue weighted by Crippen LogP contribution is -2.07. The van der Waals surface area contributed by atoms with Crippen molar-refractivity contribution >= 4 is 18.3 Å². The first-order valence-electron chi connectivity index (χ1n) is 4.89. The van der Waals surface area contributed by atoms with E-state index in [2.05, 4.69) is 0 Å². The Labute approximate surface area is 98.5 Å². The molecule has 0 aromatic heterocycles. The smallest absolute Gasteiger partial charge is 0.221 e. The Bertz CT molecular complexity index is 466. The number of hydrogen-bond acceptors (Lipinski definition) is 4. The number of phenols is 1. The van der Waals surface area contributed by atoms with Crippen molar-refractivity contribution < 1.29 is 19.4 Å². The zero-order valence-corrected chi connectivity index (χ0v) is 9.34. The van der Waals surface area contributed by atoms with Crippen LogP contribution in [0.3, 0.4) is 0 Å². The van der Waals surface area contributed by atoms with Gasteiger partial charge in [0, 0.05) is 12.0 Å². The van der Waals surface area contributed by atoms with Gasteiger partial charge in [-0.15, -0.1) is 0 Å². The average Bonchev–Trinajstić information content (AvgIpc) is 2.29. The standard InChI is InChI=1S/C12H13NO4/c1-17-11-6-9(7-14)8(5-10(11)15)3-2-4-12(13)16/h2-3,5-7,15H,4H2,1H3,(H2,13,16). The number of methoxy groups -OCH3 is 1. The van der Waals surface area contributed by atoms with Crippen LogP contribution in [0.1, 0.15) is 22.3 Å². The fourth-order valence-corrected chi connectivity index (χ4v) is 1.31. The minimum Gasteiger partial charge on any atom is -0.504 e. The normalized spacial score (nSPS) is 10.4. The lowest BCUT2D eigenvalue weighted by molar-refractivity contribution is -0.117. The van der Waals surface area contributed by atoms with Crippen molar-refractivity contribution in [2.24, 2.45) is 5.73 Å². The molecule has 5 nitrogen and oxygen atoms in total. The van der Waals surface area contributed by atoms with Crippen LogP contribution < -0.4 is 10.5 Å². The highest BCUT2D eigenvalue weighted by molar-refractivity contribution is 5.84. The van der Waals surface area contributed by atoms with Crippen LogP contribution >= 0.6 is 0 Å². The number of ether oxygens (including phenoxy) is 1. The van der Waals surface area contributed by atoms with Crippen LogP contribution in [0.2, 0.25) is 0 Å². The largest absolute Gasteiger partial charge is 0.504 e. The van der Waals surface area contributed by atoms with Crippen molar-refractivity contribution in [2.75, 3.05) is 7.11 Å². The maximum Gasteiger partial charge on any atom is 0.221 e. The summed E-state index contributed by atoms with van der Waals surface area (Å²) < 4.78 is 4.88. The van der Waals surface area contributed by atoms with E-state index in [9.17, 15) is 14.7 Å². The lowest BCUT2D eigenvalue weighted by Gasteiger charge is -2.06. The minimum absolute atomic E-state index is 0.0724. The highest BCUT2D eigenvalue weighted by atomic mass is 16.5. The monoisotopic (exact) mass is 235 g/mol. The molecule has 0 radical (unpaired) electrons. The summed E-state index contributed by atoms with van der Waals surface area (Å²) in [5.74, 6) is -0.317. The van der Waals surface area contributed by atoms with Crippen LogP contribution in [-0.4, -0.2) is 24.4 Å². The maximum atomic E-state index is 10.8. The first kappa shape index (κ1) is 12.8. The van der Waals surface area contributed by atoms with E-state index in [-0.39, 0.29) is 17.9 Å². The summed E-state index contributed by atoms with van der Waals surface area (Å²) in [6, 6.07) is 2.81. The van der Waals surface area contributed by atoms with Crippen molar-refractivity contribution in [3.63, 3.8) is 0 Å². The number of aldehydes is 1. The predicted molar refractivity (Wildman–Crippen MR) is 62.9 cm³/mol. The van der Waals surface area contributed by atoms with E-state index in [1.165, 1.54) is 25.3 Å². The molecule has 0 aliphatic rings. The first-order valence-corrected chi connectivity index (χ1v) is 4.89. The molecule has 0 bridgehead atoms. The van der Waals surface area contributed by atoms with Gasteiger partial charge in [-0.25, -0.2) is 0 Å². The number of benzene rings is 1. The molecule has 5 heteroatoms. The van der Waals surface area contributed by atoms with E-state index in [4.69, 9.17) is 10.5 Å². The molecule has 0 unspecified atom stereocenters. The topological polar surface area (TPSA) is 89.6 Å². The first-order chi connectivity index (χ1) is 8.08. The Morgan fingerprint density at radius 1 is 1.47 bits per heavy atom. The van der Waals surface area contributed by atoms with Crippen molar-refractivity contribution in [2.45, 2.75) is 6.42 Å². The van der Waals surface area contributed by atoms with Crippen molar-refractivity contribution in [3.05, 3.63) is 29.3 Å². The molecular weight excluding hydrogens is 222 g/mol. The fraction of sp³-hybridized carbons (Fsp3) is 0.167. The van der Waals surface area contributed by atoms with Gasteiger partial charge in [0.1, 0.15) is 0 Å². The number of aromatic hydroxyl groups is 1. The molecule has 0 aliphatic heterocycles. The Balaban J connectivity index is 3.06. The summed E-state index contributed by atoms with van der Waals surface area (Å²) in [5, 5.41) is 9.55. The molecule has 1 aromatic rings. The summed E-state index contributed by atoms with van der Waals surface area (Å²) in [6.07, 6.45) is 3.79. The zero-order valence-electron chi connectivity index (χ0n) is 9.34. The number of rotatable bonds is 5. The highest BCUT2D eigenvalue weighted by Gasteiger charge is 2.07. The van der Waals surface area contributed by atoms with Gasteiger partial charge < -0.3 is 15.6 Å². The predicted octanol–water partition coefficient (Wildman–Crippen LogP) is 1.10. The summed E-state index contributed by atoms with van der Waals surface area (Å²) in [4.78, 5) is 21.4. The summed E-state index contributed by atoms with van der Waals surface area (Å²) >= 11 is 0. The molecule has 1 rings (SSSR count). The lowest BCUT2D eigenvalue weighted by atomic mass is 10.1. The molecular formula is C12H13NO4. The van der Waals surface area contributed by atoms with Crippen molar-refractivity contribution in [1.82, 2.24) is 0 Å². The van der Waals surface area contributed by atoms with Gasteiger partial charge in [-0.1, -0.05) is 12.2 Å². The fourth-order valence-electron chi connectivity index (χ4n) is 1.31. The number of carbonyl (C=O) groups excluding carboxylic acids is 2. The Morgan fingerprint density at radius 3 is 2.71 bits per heavy atom. The van der Waals surface area contributed by atoms with Gasteiger partial charge >= 0.3 is 0 Å². The molecule has 1 amide bonds. The van der Waals surface area contributed by atoms with Crippen LogP contribution in [0, 0.1) is 0 Å². The van der Waals surface area contributed by atoms with Crippen LogP contribution in [-0.2, 0) is 4.79 Å². The van der Waals surface area contributed by atoms with Gasteiger partial charge in [0.25, 0.3) is 0 Å². The van der Waals surface area contributed by atoms with E-state index in [1.54, 1.807) is 6.08 Å². The number of nitrogens with two attached hydrogens (primary N) is 1. The Kier molecular flexibility index (Phi) is 4.28. The van der Waals surface area contributed by atoms with E-state index in [0.717, 1.165) is 0 Å². The second-order valence-corrected chi connectivity index (χ2v) is 3.34. The third kappa shape index (κ3) is 3.34. The van der Waals surface area contributed by atoms with E-state index in [0.29, 0.717) is 17.4 Å².